The number of carbonyl (C=O) groups excluding carboxylic acids is 2. The lowest BCUT2D eigenvalue weighted by Crippen LogP contribution is -2.45. The first-order chi connectivity index (χ1) is 13.0. The number of alkyl halides is 5. The quantitative estimate of drug-likeness (QED) is 0.359. The summed E-state index contributed by atoms with van der Waals surface area (Å²) >= 11 is 0. The van der Waals surface area contributed by atoms with Crippen LogP contribution in [0.15, 0.2) is 0 Å². The SMILES string of the molecule is COC(=O)c1c(C(F)(F)F)nc(C(F)(F)[Si](C)(C)C)c(C(=O)OC)c1CC(C)C. The normalized spacial score (nSPS) is 12.9. The van der Waals surface area contributed by atoms with E-state index in [9.17, 15) is 22.8 Å². The van der Waals surface area contributed by atoms with E-state index in [1.165, 1.54) is 19.6 Å². The fourth-order valence-corrected chi connectivity index (χ4v) is 3.57. The van der Waals surface area contributed by atoms with Crippen molar-refractivity contribution in [3.63, 3.8) is 0 Å². The molecular weight excluding hydrogens is 417 g/mol. The van der Waals surface area contributed by atoms with Gasteiger partial charge >= 0.3 is 18.1 Å². The number of carbonyl (C=O) groups is 2. The summed E-state index contributed by atoms with van der Waals surface area (Å²) in [7, 11) is -1.74. The number of halogens is 5. The largest absolute Gasteiger partial charge is 0.465 e. The monoisotopic (exact) mass is 441 g/mol. The van der Waals surface area contributed by atoms with Crippen LogP contribution in [0.25, 0.3) is 0 Å². The molecule has 0 atom stereocenters. The van der Waals surface area contributed by atoms with Gasteiger partial charge in [0.05, 0.1) is 25.3 Å². The summed E-state index contributed by atoms with van der Waals surface area (Å²) in [5, 5.41) is 0. The second kappa shape index (κ2) is 8.37. The van der Waals surface area contributed by atoms with E-state index in [1.807, 2.05) is 0 Å². The van der Waals surface area contributed by atoms with Crippen molar-refractivity contribution in [2.45, 2.75) is 51.6 Å². The zero-order valence-corrected chi connectivity index (χ0v) is 18.3. The van der Waals surface area contributed by atoms with Crippen molar-refractivity contribution in [2.75, 3.05) is 14.2 Å². The van der Waals surface area contributed by atoms with Gasteiger partial charge in [0.15, 0.2) is 5.69 Å². The second-order valence-electron chi connectivity index (χ2n) is 7.94. The summed E-state index contributed by atoms with van der Waals surface area (Å²) < 4.78 is 80.6. The molecule has 0 aliphatic heterocycles. The average molecular weight is 441 g/mol. The molecule has 0 saturated carbocycles. The van der Waals surface area contributed by atoms with Gasteiger partial charge in [0.2, 0.25) is 0 Å². The van der Waals surface area contributed by atoms with E-state index in [2.05, 4.69) is 14.5 Å². The number of hydrogen-bond donors (Lipinski definition) is 0. The fourth-order valence-electron chi connectivity index (χ4n) is 2.68. The van der Waals surface area contributed by atoms with E-state index in [-0.39, 0.29) is 12.3 Å². The van der Waals surface area contributed by atoms with Crippen LogP contribution in [0.2, 0.25) is 19.6 Å². The Kier molecular flexibility index (Phi) is 7.21. The second-order valence-corrected chi connectivity index (χ2v) is 13.1. The molecule has 0 aromatic carbocycles. The molecule has 1 rings (SSSR count). The summed E-state index contributed by atoms with van der Waals surface area (Å²) in [6.45, 7) is 6.91. The van der Waals surface area contributed by atoms with Gasteiger partial charge in [-0.3, -0.25) is 0 Å². The molecule has 1 aromatic rings. The minimum atomic E-state index is -5.23. The molecule has 0 spiro atoms. The maximum Gasteiger partial charge on any atom is 0.434 e. The molecule has 0 aliphatic carbocycles. The maximum absolute atomic E-state index is 15.2. The molecule has 0 bridgehead atoms. The third-order valence-corrected chi connectivity index (χ3v) is 6.32. The number of ether oxygens (including phenoxy) is 2. The van der Waals surface area contributed by atoms with E-state index in [1.54, 1.807) is 13.8 Å². The van der Waals surface area contributed by atoms with Crippen LogP contribution < -0.4 is 0 Å². The predicted molar refractivity (Wildman–Crippen MR) is 97.7 cm³/mol. The van der Waals surface area contributed by atoms with Gasteiger partial charge in [-0.05, 0) is 17.9 Å². The van der Waals surface area contributed by atoms with Crippen molar-refractivity contribution in [3.05, 3.63) is 28.1 Å². The molecule has 5 nitrogen and oxygen atoms in total. The van der Waals surface area contributed by atoms with Crippen LogP contribution >= 0.6 is 0 Å². The van der Waals surface area contributed by atoms with Gasteiger partial charge in [-0.1, -0.05) is 33.5 Å². The van der Waals surface area contributed by atoms with Crippen LogP contribution in [0.4, 0.5) is 22.0 Å². The lowest BCUT2D eigenvalue weighted by atomic mass is 9.91. The Morgan fingerprint density at radius 2 is 1.34 bits per heavy atom. The van der Waals surface area contributed by atoms with Crippen molar-refractivity contribution in [2.24, 2.45) is 5.92 Å². The first-order valence-electron chi connectivity index (χ1n) is 8.69. The highest BCUT2D eigenvalue weighted by atomic mass is 28.3. The minimum Gasteiger partial charge on any atom is -0.465 e. The molecule has 29 heavy (non-hydrogen) atoms. The summed E-state index contributed by atoms with van der Waals surface area (Å²) in [4.78, 5) is 27.8. The summed E-state index contributed by atoms with van der Waals surface area (Å²) in [5.74, 6) is -3.09. The third-order valence-electron chi connectivity index (χ3n) is 4.20. The van der Waals surface area contributed by atoms with Crippen molar-refractivity contribution < 1.29 is 41.0 Å². The van der Waals surface area contributed by atoms with Gasteiger partial charge in [0.1, 0.15) is 13.8 Å². The highest BCUT2D eigenvalue weighted by molar-refractivity contribution is 6.78. The van der Waals surface area contributed by atoms with Crippen molar-refractivity contribution in [1.29, 1.82) is 0 Å². The van der Waals surface area contributed by atoms with Crippen molar-refractivity contribution >= 4 is 20.0 Å². The molecule has 11 heteroatoms. The number of hydrogen-bond acceptors (Lipinski definition) is 5. The molecule has 164 valence electrons. The maximum atomic E-state index is 15.2. The molecule has 0 amide bonds. The number of pyridine rings is 1. The van der Waals surface area contributed by atoms with Gasteiger partial charge in [-0.2, -0.15) is 13.2 Å². The highest BCUT2D eigenvalue weighted by Gasteiger charge is 2.53. The number of esters is 2. The van der Waals surface area contributed by atoms with Crippen molar-refractivity contribution in [1.82, 2.24) is 4.98 Å². The lowest BCUT2D eigenvalue weighted by molar-refractivity contribution is -0.142. The Morgan fingerprint density at radius 1 is 0.931 bits per heavy atom. The lowest BCUT2D eigenvalue weighted by Gasteiger charge is -2.31. The molecule has 0 fully saturated rings. The topological polar surface area (TPSA) is 65.5 Å². The third kappa shape index (κ3) is 4.93. The molecule has 0 radical (unpaired) electrons. The van der Waals surface area contributed by atoms with Crippen molar-refractivity contribution in [3.8, 4) is 0 Å². The molecule has 0 N–H and O–H groups in total. The van der Waals surface area contributed by atoms with E-state index >= 15 is 8.78 Å². The van der Waals surface area contributed by atoms with Gasteiger partial charge in [-0.25, -0.2) is 23.4 Å². The smallest absolute Gasteiger partial charge is 0.434 e. The van der Waals surface area contributed by atoms with E-state index in [4.69, 9.17) is 0 Å². The first kappa shape index (κ1) is 25.0. The van der Waals surface area contributed by atoms with Gasteiger partial charge in [0.25, 0.3) is 5.55 Å². The first-order valence-corrected chi connectivity index (χ1v) is 12.2. The standard InChI is InChI=1S/C18H24F5NO4Si/c1-9(2)8-10-11(15(25)27-3)13(17(19,20)21)24-14(12(10)16(26)28-4)18(22,23)29(5,6)7/h9H,8H2,1-7H3. The Balaban J connectivity index is 4.30. The van der Waals surface area contributed by atoms with E-state index in [0.29, 0.717) is 0 Å². The van der Waals surface area contributed by atoms with Crippen LogP contribution in [0.5, 0.6) is 0 Å². The molecule has 0 unspecified atom stereocenters. The number of nitrogens with zero attached hydrogens (tertiary/aromatic N) is 1. The summed E-state index contributed by atoms with van der Waals surface area (Å²) in [6, 6.07) is 0. The van der Waals surface area contributed by atoms with Gasteiger partial charge in [-0.15, -0.1) is 0 Å². The predicted octanol–water partition coefficient (Wildman–Crippen LogP) is 4.84. The molecule has 0 aliphatic rings. The van der Waals surface area contributed by atoms with Gasteiger partial charge in [0, 0.05) is 0 Å². The molecular formula is C18H24F5NO4Si. The fraction of sp³-hybridized carbons (Fsp3) is 0.611. The van der Waals surface area contributed by atoms with Crippen LogP contribution in [0.1, 0.15) is 51.5 Å². The van der Waals surface area contributed by atoms with E-state index < -0.39 is 59.8 Å². The number of rotatable bonds is 6. The van der Waals surface area contributed by atoms with Crippen LogP contribution in [-0.4, -0.2) is 39.2 Å². The van der Waals surface area contributed by atoms with E-state index in [0.717, 1.165) is 14.2 Å². The number of methoxy groups -OCH3 is 2. The Morgan fingerprint density at radius 3 is 1.66 bits per heavy atom. The molecule has 1 aromatic heterocycles. The minimum absolute atomic E-state index is 0.269. The van der Waals surface area contributed by atoms with Crippen LogP contribution in [-0.2, 0) is 27.6 Å². The average Bonchev–Trinajstić information content (AvgIpc) is 2.56. The number of aromatic nitrogens is 1. The summed E-state index contributed by atoms with van der Waals surface area (Å²) in [5.41, 5.74) is -9.31. The highest BCUT2D eigenvalue weighted by Crippen LogP contribution is 2.43. The molecule has 1 heterocycles. The van der Waals surface area contributed by atoms with Crippen LogP contribution in [0, 0.1) is 5.92 Å². The Bertz CT molecular complexity index is 801. The summed E-state index contributed by atoms with van der Waals surface area (Å²) in [6.07, 6.45) is -5.50. The Labute approximate surface area is 166 Å². The zero-order valence-electron chi connectivity index (χ0n) is 17.3. The van der Waals surface area contributed by atoms with Crippen LogP contribution in [0.3, 0.4) is 0 Å². The Hall–Kier alpha value is -2.04. The zero-order chi connectivity index (χ0) is 22.9. The molecule has 0 saturated heterocycles. The van der Waals surface area contributed by atoms with Gasteiger partial charge < -0.3 is 9.47 Å².